The summed E-state index contributed by atoms with van der Waals surface area (Å²) in [6, 6.07) is 5.66. The van der Waals surface area contributed by atoms with Gasteiger partial charge >= 0.3 is 0 Å². The molecule has 25 heavy (non-hydrogen) atoms. The molecule has 1 aromatic heterocycles. The lowest BCUT2D eigenvalue weighted by Gasteiger charge is -2.29. The summed E-state index contributed by atoms with van der Waals surface area (Å²) in [5.41, 5.74) is 3.88. The molecule has 0 saturated carbocycles. The number of aromatic hydroxyl groups is 1. The molecule has 0 saturated heterocycles. The topological polar surface area (TPSA) is 61.4 Å². The lowest BCUT2D eigenvalue weighted by atomic mass is 9.85. The van der Waals surface area contributed by atoms with Gasteiger partial charge in [0.2, 0.25) is 0 Å². The maximum Gasteiger partial charge on any atom is 0.256 e. The van der Waals surface area contributed by atoms with E-state index < -0.39 is 6.17 Å². The van der Waals surface area contributed by atoms with Crippen LogP contribution in [0.15, 0.2) is 18.2 Å². The first-order valence-electron chi connectivity index (χ1n) is 8.90. The van der Waals surface area contributed by atoms with Gasteiger partial charge in [-0.2, -0.15) is 0 Å². The van der Waals surface area contributed by atoms with Crippen LogP contribution in [-0.2, 0) is 18.3 Å². The number of rotatable bonds is 1. The van der Waals surface area contributed by atoms with Crippen LogP contribution in [0.4, 0.5) is 5.00 Å². The monoisotopic (exact) mass is 356 g/mol. The number of thiophene rings is 1. The van der Waals surface area contributed by atoms with E-state index in [1.165, 1.54) is 16.9 Å². The number of phenolic OH excluding ortho intramolecular Hbond substituents is 1. The molecule has 1 aliphatic heterocycles. The Morgan fingerprint density at radius 2 is 1.92 bits per heavy atom. The number of carbonyl (C=O) groups is 1. The fourth-order valence-corrected chi connectivity index (χ4v) is 5.00. The smallest absolute Gasteiger partial charge is 0.256 e. The minimum absolute atomic E-state index is 0.0195. The van der Waals surface area contributed by atoms with Crippen LogP contribution in [-0.4, -0.2) is 11.0 Å². The fourth-order valence-electron chi connectivity index (χ4n) is 3.69. The second-order valence-corrected chi connectivity index (χ2v) is 9.09. The van der Waals surface area contributed by atoms with Gasteiger partial charge in [0.1, 0.15) is 16.9 Å². The van der Waals surface area contributed by atoms with Crippen molar-refractivity contribution in [1.82, 2.24) is 5.32 Å². The molecule has 5 heteroatoms. The predicted octanol–water partition coefficient (Wildman–Crippen LogP) is 4.48. The molecule has 132 valence electrons. The zero-order chi connectivity index (χ0) is 17.8. The Labute approximate surface area is 152 Å². The third kappa shape index (κ3) is 2.80. The molecule has 1 aliphatic carbocycles. The van der Waals surface area contributed by atoms with Gasteiger partial charge in [-0.25, -0.2) is 0 Å². The van der Waals surface area contributed by atoms with Gasteiger partial charge in [0.05, 0.1) is 5.56 Å². The summed E-state index contributed by atoms with van der Waals surface area (Å²) in [5.74, 6) is 0.175. The Morgan fingerprint density at radius 1 is 1.16 bits per heavy atom. The Kier molecular flexibility index (Phi) is 3.80. The molecule has 0 spiro atoms. The summed E-state index contributed by atoms with van der Waals surface area (Å²) in [7, 11) is 0. The molecular formula is C20H24N2O2S. The third-order valence-electron chi connectivity index (χ3n) is 5.15. The summed E-state index contributed by atoms with van der Waals surface area (Å²) in [6.07, 6.45) is 4.01. The number of aryl methyl sites for hydroxylation is 1. The minimum Gasteiger partial charge on any atom is -0.508 e. The van der Waals surface area contributed by atoms with Crippen LogP contribution in [0.25, 0.3) is 0 Å². The fraction of sp³-hybridized carbons (Fsp3) is 0.450. The van der Waals surface area contributed by atoms with Gasteiger partial charge < -0.3 is 15.7 Å². The number of carbonyl (C=O) groups excluding carboxylic acids is 1. The highest BCUT2D eigenvalue weighted by molar-refractivity contribution is 7.16. The van der Waals surface area contributed by atoms with Crippen molar-refractivity contribution < 1.29 is 9.90 Å². The van der Waals surface area contributed by atoms with E-state index in [4.69, 9.17) is 0 Å². The van der Waals surface area contributed by atoms with E-state index in [1.54, 1.807) is 17.4 Å². The maximum atomic E-state index is 12.8. The van der Waals surface area contributed by atoms with Crippen molar-refractivity contribution in [2.45, 2.75) is 58.0 Å². The molecule has 0 fully saturated rings. The van der Waals surface area contributed by atoms with Gasteiger partial charge in [-0.1, -0.05) is 26.8 Å². The van der Waals surface area contributed by atoms with E-state index in [2.05, 4.69) is 31.4 Å². The van der Waals surface area contributed by atoms with Crippen LogP contribution in [0.3, 0.4) is 0 Å². The first-order chi connectivity index (χ1) is 11.8. The number of hydrogen-bond donors (Lipinski definition) is 3. The molecule has 0 radical (unpaired) electrons. The molecule has 0 bridgehead atoms. The standard InChI is InChI=1S/C20H24N2O2S/c1-20(2,3)11-8-9-14(23)13(10-11)17-21-18(24)16-12-6-4-5-7-15(12)25-19(16)22-17/h8-10,17,22-23H,4-7H2,1-3H3,(H,21,24)/t17-/m0/s1. The first kappa shape index (κ1) is 16.5. The number of fused-ring (bicyclic) bond motifs is 3. The molecule has 2 aliphatic rings. The first-order valence-corrected chi connectivity index (χ1v) is 9.71. The summed E-state index contributed by atoms with van der Waals surface area (Å²) < 4.78 is 0. The predicted molar refractivity (Wildman–Crippen MR) is 102 cm³/mol. The van der Waals surface area contributed by atoms with Gasteiger partial charge in [-0.15, -0.1) is 11.3 Å². The van der Waals surface area contributed by atoms with Gasteiger partial charge in [0.25, 0.3) is 5.91 Å². The van der Waals surface area contributed by atoms with Gasteiger partial charge in [0, 0.05) is 10.4 Å². The summed E-state index contributed by atoms with van der Waals surface area (Å²) >= 11 is 1.70. The highest BCUT2D eigenvalue weighted by Crippen LogP contribution is 2.42. The minimum atomic E-state index is -0.401. The molecule has 3 N–H and O–H groups in total. The highest BCUT2D eigenvalue weighted by Gasteiger charge is 2.33. The van der Waals surface area contributed by atoms with Crippen LogP contribution in [0.1, 0.15) is 71.7 Å². The average molecular weight is 356 g/mol. The quantitative estimate of drug-likeness (QED) is 0.706. The van der Waals surface area contributed by atoms with Crippen LogP contribution < -0.4 is 10.6 Å². The van der Waals surface area contributed by atoms with Crippen molar-refractivity contribution in [1.29, 1.82) is 0 Å². The molecular weight excluding hydrogens is 332 g/mol. The van der Waals surface area contributed by atoms with E-state index in [0.717, 1.165) is 41.0 Å². The number of anilines is 1. The Balaban J connectivity index is 1.72. The summed E-state index contributed by atoms with van der Waals surface area (Å²) in [6.45, 7) is 6.42. The van der Waals surface area contributed by atoms with Crippen molar-refractivity contribution in [3.8, 4) is 5.75 Å². The molecule has 4 nitrogen and oxygen atoms in total. The number of benzene rings is 1. The largest absolute Gasteiger partial charge is 0.508 e. The second-order valence-electron chi connectivity index (χ2n) is 7.99. The number of amides is 1. The van der Waals surface area contributed by atoms with Crippen molar-refractivity contribution >= 4 is 22.2 Å². The zero-order valence-corrected chi connectivity index (χ0v) is 15.7. The molecule has 2 aromatic rings. The van der Waals surface area contributed by atoms with Gasteiger partial charge in [-0.05, 0) is 54.4 Å². The number of phenols is 1. The highest BCUT2D eigenvalue weighted by atomic mass is 32.1. The lowest BCUT2D eigenvalue weighted by Crippen LogP contribution is -2.38. The van der Waals surface area contributed by atoms with Gasteiger partial charge in [0.15, 0.2) is 0 Å². The van der Waals surface area contributed by atoms with Gasteiger partial charge in [-0.3, -0.25) is 4.79 Å². The second kappa shape index (κ2) is 5.77. The normalized spacial score (nSPS) is 19.6. The van der Waals surface area contributed by atoms with Crippen LogP contribution in [0, 0.1) is 0 Å². The summed E-state index contributed by atoms with van der Waals surface area (Å²) in [5, 5.41) is 17.8. The maximum absolute atomic E-state index is 12.8. The van der Waals surface area contributed by atoms with Crippen LogP contribution >= 0.6 is 11.3 Å². The zero-order valence-electron chi connectivity index (χ0n) is 14.9. The number of nitrogens with one attached hydrogen (secondary N) is 2. The molecule has 4 rings (SSSR count). The van der Waals surface area contributed by atoms with Crippen molar-refractivity contribution in [3.63, 3.8) is 0 Å². The third-order valence-corrected chi connectivity index (χ3v) is 6.38. The molecule has 1 amide bonds. The molecule has 1 atom stereocenters. The Hall–Kier alpha value is -2.01. The number of hydrogen-bond acceptors (Lipinski definition) is 4. The molecule has 1 aromatic carbocycles. The van der Waals surface area contributed by atoms with Crippen molar-refractivity contribution in [2.24, 2.45) is 0 Å². The van der Waals surface area contributed by atoms with E-state index in [0.29, 0.717) is 0 Å². The Bertz CT molecular complexity index is 848. The molecule has 2 heterocycles. The van der Waals surface area contributed by atoms with E-state index in [1.807, 2.05) is 12.1 Å². The Morgan fingerprint density at radius 3 is 2.68 bits per heavy atom. The van der Waals surface area contributed by atoms with Crippen LogP contribution in [0.2, 0.25) is 0 Å². The van der Waals surface area contributed by atoms with E-state index in [9.17, 15) is 9.90 Å². The average Bonchev–Trinajstić information content (AvgIpc) is 2.92. The lowest BCUT2D eigenvalue weighted by molar-refractivity contribution is 0.0935. The summed E-state index contributed by atoms with van der Waals surface area (Å²) in [4.78, 5) is 14.1. The van der Waals surface area contributed by atoms with Crippen LogP contribution in [0.5, 0.6) is 5.75 Å². The van der Waals surface area contributed by atoms with E-state index >= 15 is 0 Å². The van der Waals surface area contributed by atoms with Crippen molar-refractivity contribution in [3.05, 3.63) is 45.3 Å². The van der Waals surface area contributed by atoms with E-state index in [-0.39, 0.29) is 17.1 Å². The SMILES string of the molecule is CC(C)(C)c1ccc(O)c([C@H]2NC(=O)c3c(sc4c3CCCC4)N2)c1. The van der Waals surface area contributed by atoms with Crippen molar-refractivity contribution in [2.75, 3.05) is 5.32 Å². The molecule has 0 unspecified atom stereocenters.